The molecule has 0 saturated carbocycles. The summed E-state index contributed by atoms with van der Waals surface area (Å²) in [6.07, 6.45) is 3.25. The van der Waals surface area contributed by atoms with Crippen LogP contribution in [0.1, 0.15) is 25.6 Å². The van der Waals surface area contributed by atoms with Gasteiger partial charge in [-0.05, 0) is 16.5 Å². The quantitative estimate of drug-likeness (QED) is 0.781. The second kappa shape index (κ2) is 3.64. The Balaban J connectivity index is 2.55. The Morgan fingerprint density at radius 3 is 2.87 bits per heavy atom. The lowest BCUT2D eigenvalue weighted by Crippen LogP contribution is -2.07. The van der Waals surface area contributed by atoms with Gasteiger partial charge in [0.2, 0.25) is 0 Å². The van der Waals surface area contributed by atoms with Crippen molar-refractivity contribution >= 4 is 5.69 Å². The molecule has 2 aromatic rings. The summed E-state index contributed by atoms with van der Waals surface area (Å²) in [7, 11) is 0. The summed E-state index contributed by atoms with van der Waals surface area (Å²) in [5.74, 6) is 1.03. The van der Waals surface area contributed by atoms with Gasteiger partial charge in [-0.1, -0.05) is 13.8 Å². The van der Waals surface area contributed by atoms with E-state index in [-0.39, 0.29) is 5.92 Å². The second-order valence-corrected chi connectivity index (χ2v) is 3.54. The predicted octanol–water partition coefficient (Wildman–Crippen LogP) is 0.763. The molecular formula is C9H12N6. The maximum Gasteiger partial charge on any atom is 0.159 e. The number of hydrogen-bond donors (Lipinski definition) is 1. The van der Waals surface area contributed by atoms with E-state index >= 15 is 0 Å². The Bertz CT molecular complexity index is 461. The van der Waals surface area contributed by atoms with Crippen molar-refractivity contribution in [2.24, 2.45) is 0 Å². The van der Waals surface area contributed by atoms with E-state index in [2.05, 4.69) is 20.5 Å². The van der Waals surface area contributed by atoms with Crippen LogP contribution in [0.4, 0.5) is 5.69 Å². The van der Waals surface area contributed by atoms with E-state index in [0.29, 0.717) is 5.69 Å². The average molecular weight is 204 g/mol. The molecule has 2 rings (SSSR count). The van der Waals surface area contributed by atoms with Gasteiger partial charge in [0, 0.05) is 12.1 Å². The van der Waals surface area contributed by atoms with E-state index in [1.165, 1.54) is 0 Å². The van der Waals surface area contributed by atoms with Crippen LogP contribution in [0.3, 0.4) is 0 Å². The fourth-order valence-electron chi connectivity index (χ4n) is 1.32. The van der Waals surface area contributed by atoms with Crippen LogP contribution in [0.25, 0.3) is 5.69 Å². The summed E-state index contributed by atoms with van der Waals surface area (Å²) in [5.41, 5.74) is 7.13. The third-order valence-electron chi connectivity index (χ3n) is 2.07. The van der Waals surface area contributed by atoms with Gasteiger partial charge in [0.05, 0.1) is 17.6 Å². The first kappa shape index (κ1) is 9.57. The monoisotopic (exact) mass is 204 g/mol. The fraction of sp³-hybridized carbons (Fsp3) is 0.333. The van der Waals surface area contributed by atoms with Gasteiger partial charge in [-0.3, -0.25) is 4.98 Å². The van der Waals surface area contributed by atoms with E-state index < -0.39 is 0 Å². The molecule has 0 unspecified atom stereocenters. The minimum atomic E-state index is 0.243. The van der Waals surface area contributed by atoms with E-state index in [1.807, 2.05) is 13.8 Å². The molecule has 6 nitrogen and oxygen atoms in total. The maximum absolute atomic E-state index is 5.80. The smallest absolute Gasteiger partial charge is 0.159 e. The maximum atomic E-state index is 5.80. The summed E-state index contributed by atoms with van der Waals surface area (Å²) in [5, 5.41) is 11.5. The molecule has 0 fully saturated rings. The molecule has 0 saturated heterocycles. The summed E-state index contributed by atoms with van der Waals surface area (Å²) in [4.78, 5) is 3.92. The third kappa shape index (κ3) is 1.65. The Kier molecular flexibility index (Phi) is 2.32. The van der Waals surface area contributed by atoms with Crippen molar-refractivity contribution < 1.29 is 0 Å². The second-order valence-electron chi connectivity index (χ2n) is 3.54. The molecule has 0 aromatic carbocycles. The van der Waals surface area contributed by atoms with Gasteiger partial charge >= 0.3 is 0 Å². The lowest BCUT2D eigenvalue weighted by atomic mass is 10.2. The Labute approximate surface area is 87.1 Å². The lowest BCUT2D eigenvalue weighted by molar-refractivity contribution is 0.710. The minimum Gasteiger partial charge on any atom is -0.396 e. The number of tetrazole rings is 1. The number of rotatable bonds is 2. The number of anilines is 1. The van der Waals surface area contributed by atoms with Gasteiger partial charge in [-0.15, -0.1) is 5.10 Å². The highest BCUT2D eigenvalue weighted by Crippen LogP contribution is 2.18. The van der Waals surface area contributed by atoms with Crippen LogP contribution in [0, 0.1) is 0 Å². The zero-order valence-electron chi connectivity index (χ0n) is 8.62. The first-order valence-electron chi connectivity index (χ1n) is 4.68. The van der Waals surface area contributed by atoms with Crippen LogP contribution in [-0.4, -0.2) is 25.2 Å². The van der Waals surface area contributed by atoms with E-state index in [0.717, 1.165) is 11.5 Å². The molecule has 0 radical (unpaired) electrons. The Morgan fingerprint density at radius 2 is 2.20 bits per heavy atom. The summed E-state index contributed by atoms with van der Waals surface area (Å²) < 4.78 is 1.64. The van der Waals surface area contributed by atoms with Crippen molar-refractivity contribution in [1.82, 2.24) is 25.2 Å². The summed E-state index contributed by atoms with van der Waals surface area (Å²) in [6.45, 7) is 4.05. The fourth-order valence-corrected chi connectivity index (χ4v) is 1.32. The van der Waals surface area contributed by atoms with Crippen LogP contribution >= 0.6 is 0 Å². The summed E-state index contributed by atoms with van der Waals surface area (Å²) in [6, 6.07) is 1.79. The minimum absolute atomic E-state index is 0.243. The van der Waals surface area contributed by atoms with E-state index in [1.54, 1.807) is 23.1 Å². The van der Waals surface area contributed by atoms with Gasteiger partial charge in [-0.25, -0.2) is 0 Å². The first-order chi connectivity index (χ1) is 7.20. The van der Waals surface area contributed by atoms with Crippen molar-refractivity contribution in [2.75, 3.05) is 5.73 Å². The van der Waals surface area contributed by atoms with Crippen LogP contribution in [-0.2, 0) is 0 Å². The van der Waals surface area contributed by atoms with Crippen molar-refractivity contribution in [1.29, 1.82) is 0 Å². The number of nitrogens with zero attached hydrogens (tertiary/aromatic N) is 5. The highest BCUT2D eigenvalue weighted by molar-refractivity contribution is 5.55. The summed E-state index contributed by atoms with van der Waals surface area (Å²) >= 11 is 0. The highest BCUT2D eigenvalue weighted by atomic mass is 15.5. The van der Waals surface area contributed by atoms with Crippen molar-refractivity contribution in [3.8, 4) is 5.69 Å². The van der Waals surface area contributed by atoms with Gasteiger partial charge in [0.25, 0.3) is 0 Å². The number of aromatic nitrogens is 5. The van der Waals surface area contributed by atoms with Gasteiger partial charge < -0.3 is 5.73 Å². The van der Waals surface area contributed by atoms with Crippen molar-refractivity contribution in [2.45, 2.75) is 19.8 Å². The SMILES string of the molecule is CC(C)c1nnnn1-c1ccncc1N. The largest absolute Gasteiger partial charge is 0.396 e. The molecule has 0 aliphatic carbocycles. The van der Waals surface area contributed by atoms with Crippen LogP contribution in [0.2, 0.25) is 0 Å². The molecule has 15 heavy (non-hydrogen) atoms. The number of pyridine rings is 1. The molecule has 2 aromatic heterocycles. The van der Waals surface area contributed by atoms with Crippen LogP contribution < -0.4 is 5.73 Å². The van der Waals surface area contributed by atoms with Crippen molar-refractivity contribution in [3.05, 3.63) is 24.3 Å². The average Bonchev–Trinajstić information content (AvgIpc) is 2.67. The van der Waals surface area contributed by atoms with Crippen LogP contribution in [0.5, 0.6) is 0 Å². The topological polar surface area (TPSA) is 82.5 Å². The molecule has 0 spiro atoms. The van der Waals surface area contributed by atoms with Crippen molar-refractivity contribution in [3.63, 3.8) is 0 Å². The van der Waals surface area contributed by atoms with E-state index in [4.69, 9.17) is 5.73 Å². The lowest BCUT2D eigenvalue weighted by Gasteiger charge is -2.08. The molecular weight excluding hydrogens is 192 g/mol. The molecule has 0 amide bonds. The number of nitrogen functional groups attached to an aromatic ring is 1. The van der Waals surface area contributed by atoms with Gasteiger partial charge in [0.15, 0.2) is 5.82 Å². The zero-order valence-corrected chi connectivity index (χ0v) is 8.62. The third-order valence-corrected chi connectivity index (χ3v) is 2.07. The molecule has 2 N–H and O–H groups in total. The number of nitrogens with two attached hydrogens (primary N) is 1. The van der Waals surface area contributed by atoms with Gasteiger partial charge in [0.1, 0.15) is 0 Å². The normalized spacial score (nSPS) is 10.9. The van der Waals surface area contributed by atoms with Gasteiger partial charge in [-0.2, -0.15) is 4.68 Å². The molecule has 0 atom stereocenters. The highest BCUT2D eigenvalue weighted by Gasteiger charge is 2.13. The molecule has 0 aliphatic rings. The zero-order chi connectivity index (χ0) is 10.8. The molecule has 2 heterocycles. The van der Waals surface area contributed by atoms with Crippen LogP contribution in [0.15, 0.2) is 18.5 Å². The molecule has 0 aliphatic heterocycles. The molecule has 78 valence electrons. The standard InChI is InChI=1S/C9H12N6/c1-6(2)9-12-13-14-15(9)8-3-4-11-5-7(8)10/h3-6H,10H2,1-2H3. The predicted molar refractivity (Wildman–Crippen MR) is 55.5 cm³/mol. The first-order valence-corrected chi connectivity index (χ1v) is 4.68. The number of hydrogen-bond acceptors (Lipinski definition) is 5. The van der Waals surface area contributed by atoms with E-state index in [9.17, 15) is 0 Å². The Hall–Kier alpha value is -1.98. The molecule has 6 heteroatoms. The Morgan fingerprint density at radius 1 is 1.40 bits per heavy atom. The molecule has 0 bridgehead atoms.